The van der Waals surface area contributed by atoms with Crippen LogP contribution < -0.4 is 5.73 Å². The number of aromatic amines is 1. The van der Waals surface area contributed by atoms with E-state index in [4.69, 9.17) is 5.73 Å². The van der Waals surface area contributed by atoms with Crippen LogP contribution in [-0.2, 0) is 11.3 Å². The number of nitrogens with one attached hydrogen (secondary N) is 1. The van der Waals surface area contributed by atoms with Crippen LogP contribution >= 0.6 is 0 Å². The molecule has 2 aromatic heterocycles. The van der Waals surface area contributed by atoms with Crippen LogP contribution in [0.5, 0.6) is 11.5 Å². The maximum absolute atomic E-state index is 12.0. The summed E-state index contributed by atoms with van der Waals surface area (Å²) in [5, 5.41) is 20.8. The first kappa shape index (κ1) is 22.1. The molecule has 0 aliphatic rings. The third-order valence-corrected chi connectivity index (χ3v) is 6.23. The molecule has 0 unspecified atom stereocenters. The molecule has 5 aromatic rings. The lowest BCUT2D eigenvalue weighted by atomic mass is 10.1. The Balaban J connectivity index is 1.54. The Hall–Kier alpha value is -4.71. The van der Waals surface area contributed by atoms with Crippen LogP contribution in [0, 0.1) is 6.92 Å². The van der Waals surface area contributed by atoms with Crippen LogP contribution in [0.4, 0.5) is 0 Å². The van der Waals surface area contributed by atoms with Gasteiger partial charge in [-0.1, -0.05) is 24.3 Å². The quantitative estimate of drug-likeness (QED) is 0.252. The SMILES string of the molecule is Cc1c(-c2ccc(O)cc2)n(Cc2ccc(/C=C(/C(N)=O)c3ccc[nH]3)cc2)c2ccc(O)cc12. The van der Waals surface area contributed by atoms with Crippen molar-refractivity contribution in [3.63, 3.8) is 0 Å². The summed E-state index contributed by atoms with van der Waals surface area (Å²) in [7, 11) is 0. The molecule has 174 valence electrons. The Morgan fingerprint density at radius 2 is 1.69 bits per heavy atom. The van der Waals surface area contributed by atoms with Gasteiger partial charge in [0.25, 0.3) is 5.91 Å². The van der Waals surface area contributed by atoms with E-state index in [9.17, 15) is 15.0 Å². The zero-order valence-electron chi connectivity index (χ0n) is 19.2. The van der Waals surface area contributed by atoms with E-state index in [0.29, 0.717) is 17.8 Å². The number of benzene rings is 3. The summed E-state index contributed by atoms with van der Waals surface area (Å²) in [6, 6.07) is 24.2. The van der Waals surface area contributed by atoms with Crippen LogP contribution in [-0.4, -0.2) is 25.7 Å². The van der Waals surface area contributed by atoms with Gasteiger partial charge in [0.15, 0.2) is 0 Å². The van der Waals surface area contributed by atoms with Gasteiger partial charge in [-0.25, -0.2) is 0 Å². The molecule has 1 amide bonds. The fourth-order valence-corrected chi connectivity index (χ4v) is 4.51. The Morgan fingerprint density at radius 3 is 2.34 bits per heavy atom. The maximum Gasteiger partial charge on any atom is 0.250 e. The predicted molar refractivity (Wildman–Crippen MR) is 139 cm³/mol. The molecule has 0 aliphatic heterocycles. The van der Waals surface area contributed by atoms with Crippen LogP contribution in [0.25, 0.3) is 33.8 Å². The molecule has 0 radical (unpaired) electrons. The van der Waals surface area contributed by atoms with Crippen molar-refractivity contribution in [2.75, 3.05) is 0 Å². The number of H-pyrrole nitrogens is 1. The van der Waals surface area contributed by atoms with E-state index in [1.54, 1.807) is 36.5 Å². The highest BCUT2D eigenvalue weighted by molar-refractivity contribution is 6.23. The summed E-state index contributed by atoms with van der Waals surface area (Å²) in [4.78, 5) is 15.0. The zero-order valence-corrected chi connectivity index (χ0v) is 19.2. The van der Waals surface area contributed by atoms with E-state index in [0.717, 1.165) is 38.9 Å². The number of aryl methyl sites for hydroxylation is 1. The van der Waals surface area contributed by atoms with Gasteiger partial charge < -0.3 is 25.5 Å². The molecule has 35 heavy (non-hydrogen) atoms. The lowest BCUT2D eigenvalue weighted by Gasteiger charge is -2.13. The molecule has 6 nitrogen and oxygen atoms in total. The summed E-state index contributed by atoms with van der Waals surface area (Å²) in [6.45, 7) is 2.65. The first-order chi connectivity index (χ1) is 16.9. The van der Waals surface area contributed by atoms with Gasteiger partial charge in [-0.05, 0) is 89.9 Å². The van der Waals surface area contributed by atoms with Crippen molar-refractivity contribution in [1.29, 1.82) is 0 Å². The Labute approximate surface area is 202 Å². The number of nitrogens with zero attached hydrogens (tertiary/aromatic N) is 1. The van der Waals surface area contributed by atoms with Crippen molar-refractivity contribution in [3.05, 3.63) is 107 Å². The molecule has 2 heterocycles. The number of hydrogen-bond donors (Lipinski definition) is 4. The molecule has 5 rings (SSSR count). The summed E-state index contributed by atoms with van der Waals surface area (Å²) >= 11 is 0. The zero-order chi connectivity index (χ0) is 24.5. The highest BCUT2D eigenvalue weighted by Crippen LogP contribution is 2.36. The van der Waals surface area contributed by atoms with Crippen LogP contribution in [0.1, 0.15) is 22.4 Å². The van der Waals surface area contributed by atoms with E-state index >= 15 is 0 Å². The molecule has 0 bridgehead atoms. The molecule has 6 heteroatoms. The van der Waals surface area contributed by atoms with Gasteiger partial charge in [-0.2, -0.15) is 0 Å². The van der Waals surface area contributed by atoms with Gasteiger partial charge in [-0.3, -0.25) is 4.79 Å². The third kappa shape index (κ3) is 4.29. The first-order valence-corrected chi connectivity index (χ1v) is 11.3. The largest absolute Gasteiger partial charge is 0.508 e. The molecule has 0 spiro atoms. The molecule has 0 fully saturated rings. The minimum Gasteiger partial charge on any atom is -0.508 e. The molecule has 0 saturated carbocycles. The number of phenolic OH excluding ortho intramolecular Hbond substituents is 2. The summed E-state index contributed by atoms with van der Waals surface area (Å²) < 4.78 is 2.22. The van der Waals surface area contributed by atoms with Gasteiger partial charge in [0.1, 0.15) is 11.5 Å². The lowest BCUT2D eigenvalue weighted by Crippen LogP contribution is -2.13. The number of rotatable bonds is 6. The molecule has 5 N–H and O–H groups in total. The third-order valence-electron chi connectivity index (χ3n) is 6.23. The van der Waals surface area contributed by atoms with Crippen LogP contribution in [0.15, 0.2) is 85.1 Å². The first-order valence-electron chi connectivity index (χ1n) is 11.3. The number of carbonyl (C=O) groups is 1. The number of carbonyl (C=O) groups excluding carboxylic acids is 1. The number of fused-ring (bicyclic) bond motifs is 1. The second kappa shape index (κ2) is 8.91. The number of nitrogens with two attached hydrogens (primary N) is 1. The number of aromatic hydroxyl groups is 2. The molecule has 3 aromatic carbocycles. The minimum absolute atomic E-state index is 0.213. The number of hydrogen-bond acceptors (Lipinski definition) is 3. The lowest BCUT2D eigenvalue weighted by molar-refractivity contribution is -0.112. The highest BCUT2D eigenvalue weighted by Gasteiger charge is 2.17. The number of phenols is 2. The van der Waals surface area contributed by atoms with Crippen molar-refractivity contribution < 1.29 is 15.0 Å². The average Bonchev–Trinajstić information content (AvgIpc) is 3.46. The number of aromatic nitrogens is 2. The summed E-state index contributed by atoms with van der Waals surface area (Å²) in [5.41, 5.74) is 12.7. The molecule has 0 saturated heterocycles. The van der Waals surface area contributed by atoms with E-state index < -0.39 is 5.91 Å². The second-order valence-corrected chi connectivity index (χ2v) is 8.56. The van der Waals surface area contributed by atoms with E-state index in [1.165, 1.54) is 0 Å². The smallest absolute Gasteiger partial charge is 0.250 e. The molecule has 0 aliphatic carbocycles. The average molecular weight is 464 g/mol. The van der Waals surface area contributed by atoms with Gasteiger partial charge in [-0.15, -0.1) is 0 Å². The maximum atomic E-state index is 12.0. The fourth-order valence-electron chi connectivity index (χ4n) is 4.51. The van der Waals surface area contributed by atoms with Gasteiger partial charge >= 0.3 is 0 Å². The van der Waals surface area contributed by atoms with Crippen molar-refractivity contribution in [2.24, 2.45) is 5.73 Å². The van der Waals surface area contributed by atoms with Crippen molar-refractivity contribution in [1.82, 2.24) is 9.55 Å². The second-order valence-electron chi connectivity index (χ2n) is 8.56. The van der Waals surface area contributed by atoms with Gasteiger partial charge in [0, 0.05) is 23.6 Å². The Morgan fingerprint density at radius 1 is 0.971 bits per heavy atom. The van der Waals surface area contributed by atoms with Crippen molar-refractivity contribution >= 4 is 28.5 Å². The molecular formula is C29H25N3O3. The van der Waals surface area contributed by atoms with Crippen molar-refractivity contribution in [3.8, 4) is 22.8 Å². The summed E-state index contributed by atoms with van der Waals surface area (Å²) in [5.74, 6) is -0.0592. The molecular weight excluding hydrogens is 438 g/mol. The van der Waals surface area contributed by atoms with Crippen LogP contribution in [0.2, 0.25) is 0 Å². The number of primary amides is 1. The monoisotopic (exact) mass is 463 g/mol. The van der Waals surface area contributed by atoms with Crippen molar-refractivity contribution in [2.45, 2.75) is 13.5 Å². The van der Waals surface area contributed by atoms with E-state index in [-0.39, 0.29) is 11.5 Å². The fraction of sp³-hybridized carbons (Fsp3) is 0.0690. The predicted octanol–water partition coefficient (Wildman–Crippen LogP) is 5.43. The van der Waals surface area contributed by atoms with E-state index in [1.807, 2.05) is 61.5 Å². The number of amides is 1. The standard InChI is InChI=1S/C29H25N3O3/c1-18-24-16-23(34)12-13-27(24)32(28(18)21-8-10-22(33)11-9-21)17-20-6-4-19(5-7-20)15-25(29(30)35)26-3-2-14-31-26/h2-16,31,33-34H,17H2,1H3,(H2,30,35)/b25-15+. The minimum atomic E-state index is -0.493. The van der Waals surface area contributed by atoms with Gasteiger partial charge in [0.2, 0.25) is 0 Å². The Bertz CT molecular complexity index is 1540. The Kier molecular flexibility index (Phi) is 5.63. The summed E-state index contributed by atoms with van der Waals surface area (Å²) in [6.07, 6.45) is 3.53. The topological polar surface area (TPSA) is 104 Å². The normalized spacial score (nSPS) is 11.7. The van der Waals surface area contributed by atoms with Gasteiger partial charge in [0.05, 0.1) is 17.0 Å². The molecule has 0 atom stereocenters. The van der Waals surface area contributed by atoms with Crippen LogP contribution in [0.3, 0.4) is 0 Å². The highest BCUT2D eigenvalue weighted by atomic mass is 16.3. The van der Waals surface area contributed by atoms with E-state index in [2.05, 4.69) is 9.55 Å².